The summed E-state index contributed by atoms with van der Waals surface area (Å²) in [6.45, 7) is 4.75. The Kier molecular flexibility index (Phi) is 1.21. The molecule has 10 heavy (non-hydrogen) atoms. The molecule has 0 aromatic carbocycles. The fourth-order valence-corrected chi connectivity index (χ4v) is 2.00. The van der Waals surface area contributed by atoms with E-state index in [1.165, 1.54) is 25.7 Å². The minimum absolute atomic E-state index is 0.715. The summed E-state index contributed by atoms with van der Waals surface area (Å²) in [4.78, 5) is 0. The Bertz CT molecular complexity index is 178. The van der Waals surface area contributed by atoms with Crippen LogP contribution in [-0.4, -0.2) is 0 Å². The van der Waals surface area contributed by atoms with Gasteiger partial charge in [-0.25, -0.2) is 0 Å². The summed E-state index contributed by atoms with van der Waals surface area (Å²) in [5, 5.41) is 0. The lowest BCUT2D eigenvalue weighted by atomic mass is 9.89. The van der Waals surface area contributed by atoms with Crippen molar-refractivity contribution in [3.63, 3.8) is 0 Å². The third-order valence-electron chi connectivity index (χ3n) is 3.45. The Morgan fingerprint density at radius 1 is 1.70 bits per heavy atom. The summed E-state index contributed by atoms with van der Waals surface area (Å²) < 4.78 is 0. The minimum atomic E-state index is 0.715. The van der Waals surface area contributed by atoms with Gasteiger partial charge in [0.1, 0.15) is 0 Å². The number of hydrogen-bond acceptors (Lipinski definition) is 0. The van der Waals surface area contributed by atoms with Gasteiger partial charge in [-0.05, 0) is 30.6 Å². The van der Waals surface area contributed by atoms with E-state index in [4.69, 9.17) is 0 Å². The predicted molar refractivity (Wildman–Crippen MR) is 43.8 cm³/mol. The highest BCUT2D eigenvalue weighted by molar-refractivity contribution is 5.25. The molecule has 56 valence electrons. The van der Waals surface area contributed by atoms with Crippen molar-refractivity contribution in [2.45, 2.75) is 39.5 Å². The topological polar surface area (TPSA) is 0 Å². The predicted octanol–water partition coefficient (Wildman–Crippen LogP) is 3.14. The molecule has 2 rings (SSSR count). The lowest BCUT2D eigenvalue weighted by molar-refractivity contribution is 0.498. The summed E-state index contributed by atoms with van der Waals surface area (Å²) in [6, 6.07) is 0. The van der Waals surface area contributed by atoms with Crippen LogP contribution in [0, 0.1) is 11.3 Å². The molecule has 0 heteroatoms. The van der Waals surface area contributed by atoms with Crippen LogP contribution in [-0.2, 0) is 0 Å². The zero-order valence-electron chi connectivity index (χ0n) is 6.98. The molecule has 2 aliphatic carbocycles. The van der Waals surface area contributed by atoms with Gasteiger partial charge in [-0.3, -0.25) is 0 Å². The van der Waals surface area contributed by atoms with Crippen LogP contribution in [0.4, 0.5) is 0 Å². The first kappa shape index (κ1) is 6.45. The number of rotatable bonds is 2. The lowest BCUT2D eigenvalue weighted by Gasteiger charge is -2.16. The fraction of sp³-hybridized carbons (Fsp3) is 0.800. The standard InChI is InChI=1S/C10H16/c1-3-10(2)7-9(10)8-5-4-6-8/h5,9H,3-4,6-7H2,1-2H3. The van der Waals surface area contributed by atoms with Crippen LogP contribution in [0.3, 0.4) is 0 Å². The highest BCUT2D eigenvalue weighted by atomic mass is 14.5. The van der Waals surface area contributed by atoms with E-state index in [9.17, 15) is 0 Å². The van der Waals surface area contributed by atoms with Crippen molar-refractivity contribution in [3.05, 3.63) is 11.6 Å². The van der Waals surface area contributed by atoms with Crippen molar-refractivity contribution in [1.82, 2.24) is 0 Å². The van der Waals surface area contributed by atoms with Gasteiger partial charge >= 0.3 is 0 Å². The first-order valence-corrected chi connectivity index (χ1v) is 4.45. The molecule has 0 saturated heterocycles. The summed E-state index contributed by atoms with van der Waals surface area (Å²) in [5.41, 5.74) is 2.48. The molecule has 0 bridgehead atoms. The molecule has 1 saturated carbocycles. The second-order valence-corrected chi connectivity index (χ2v) is 4.08. The van der Waals surface area contributed by atoms with Gasteiger partial charge in [0, 0.05) is 0 Å². The number of hydrogen-bond donors (Lipinski definition) is 0. The molecular formula is C10H16. The Morgan fingerprint density at radius 2 is 2.40 bits per heavy atom. The van der Waals surface area contributed by atoms with Crippen molar-refractivity contribution in [2.24, 2.45) is 11.3 Å². The molecule has 2 atom stereocenters. The van der Waals surface area contributed by atoms with Crippen LogP contribution in [0.2, 0.25) is 0 Å². The SMILES string of the molecule is CCC1(C)CC1C1=CCC1. The smallest absolute Gasteiger partial charge is 0.0144 e. The van der Waals surface area contributed by atoms with E-state index in [1.807, 2.05) is 0 Å². The fourth-order valence-electron chi connectivity index (χ4n) is 2.00. The molecule has 0 aromatic heterocycles. The first-order valence-electron chi connectivity index (χ1n) is 4.45. The quantitative estimate of drug-likeness (QED) is 0.511. The third-order valence-corrected chi connectivity index (χ3v) is 3.45. The van der Waals surface area contributed by atoms with Gasteiger partial charge in [0.15, 0.2) is 0 Å². The van der Waals surface area contributed by atoms with E-state index < -0.39 is 0 Å². The minimum Gasteiger partial charge on any atom is -0.0847 e. The molecular weight excluding hydrogens is 120 g/mol. The highest BCUT2D eigenvalue weighted by Gasteiger charge is 2.50. The van der Waals surface area contributed by atoms with Gasteiger partial charge in [-0.2, -0.15) is 0 Å². The Morgan fingerprint density at radius 3 is 2.70 bits per heavy atom. The molecule has 0 N–H and O–H groups in total. The van der Waals surface area contributed by atoms with Crippen LogP contribution in [0.1, 0.15) is 39.5 Å². The van der Waals surface area contributed by atoms with Crippen molar-refractivity contribution in [3.8, 4) is 0 Å². The molecule has 0 aliphatic heterocycles. The number of allylic oxidation sites excluding steroid dienone is 2. The van der Waals surface area contributed by atoms with Gasteiger partial charge < -0.3 is 0 Å². The van der Waals surface area contributed by atoms with Crippen LogP contribution < -0.4 is 0 Å². The summed E-state index contributed by atoms with van der Waals surface area (Å²) in [6.07, 6.45) is 8.03. The first-order chi connectivity index (χ1) is 4.76. The summed E-state index contributed by atoms with van der Waals surface area (Å²) >= 11 is 0. The van der Waals surface area contributed by atoms with E-state index >= 15 is 0 Å². The van der Waals surface area contributed by atoms with E-state index in [0.29, 0.717) is 5.41 Å². The van der Waals surface area contributed by atoms with E-state index in [2.05, 4.69) is 19.9 Å². The Hall–Kier alpha value is -0.260. The van der Waals surface area contributed by atoms with Crippen molar-refractivity contribution in [1.29, 1.82) is 0 Å². The van der Waals surface area contributed by atoms with Crippen molar-refractivity contribution < 1.29 is 0 Å². The maximum Gasteiger partial charge on any atom is -0.0144 e. The van der Waals surface area contributed by atoms with Gasteiger partial charge in [0.2, 0.25) is 0 Å². The van der Waals surface area contributed by atoms with Crippen LogP contribution in [0.5, 0.6) is 0 Å². The maximum atomic E-state index is 2.44. The van der Waals surface area contributed by atoms with Crippen molar-refractivity contribution in [2.75, 3.05) is 0 Å². The van der Waals surface area contributed by atoms with Crippen molar-refractivity contribution >= 4 is 0 Å². The molecule has 0 nitrogen and oxygen atoms in total. The lowest BCUT2D eigenvalue weighted by Crippen LogP contribution is -2.02. The third kappa shape index (κ3) is 0.744. The monoisotopic (exact) mass is 136 g/mol. The molecule has 0 aromatic rings. The molecule has 0 amide bonds. The highest BCUT2D eigenvalue weighted by Crippen LogP contribution is 2.60. The summed E-state index contributed by atoms with van der Waals surface area (Å²) in [7, 11) is 0. The second kappa shape index (κ2) is 1.87. The molecule has 0 spiro atoms. The van der Waals surface area contributed by atoms with Crippen LogP contribution >= 0.6 is 0 Å². The average molecular weight is 136 g/mol. The second-order valence-electron chi connectivity index (χ2n) is 4.08. The largest absolute Gasteiger partial charge is 0.0847 e. The zero-order chi connectivity index (χ0) is 7.19. The maximum absolute atomic E-state index is 2.44. The van der Waals surface area contributed by atoms with Crippen LogP contribution in [0.25, 0.3) is 0 Å². The van der Waals surface area contributed by atoms with E-state index in [1.54, 1.807) is 5.57 Å². The van der Waals surface area contributed by atoms with Gasteiger partial charge in [0.05, 0.1) is 0 Å². The van der Waals surface area contributed by atoms with Gasteiger partial charge in [-0.15, -0.1) is 0 Å². The van der Waals surface area contributed by atoms with E-state index in [0.717, 1.165) is 5.92 Å². The zero-order valence-corrected chi connectivity index (χ0v) is 6.98. The molecule has 0 radical (unpaired) electrons. The average Bonchev–Trinajstić information content (AvgIpc) is 2.41. The van der Waals surface area contributed by atoms with Gasteiger partial charge in [0.25, 0.3) is 0 Å². The van der Waals surface area contributed by atoms with Gasteiger partial charge in [-0.1, -0.05) is 31.9 Å². The van der Waals surface area contributed by atoms with E-state index in [-0.39, 0.29) is 0 Å². The molecule has 2 aliphatic rings. The summed E-state index contributed by atoms with van der Waals surface area (Å²) in [5.74, 6) is 0.992. The normalized spacial score (nSPS) is 44.2. The Labute approximate surface area is 63.3 Å². The Balaban J connectivity index is 2.00. The molecule has 1 fully saturated rings. The van der Waals surface area contributed by atoms with Crippen LogP contribution in [0.15, 0.2) is 11.6 Å². The molecule has 2 unspecified atom stereocenters. The molecule has 0 heterocycles.